The van der Waals surface area contributed by atoms with Crippen LogP contribution in [0.4, 0.5) is 0 Å². The third-order valence-corrected chi connectivity index (χ3v) is 4.04. The van der Waals surface area contributed by atoms with Gasteiger partial charge in [-0.25, -0.2) is 0 Å². The number of hydrogen-bond donors (Lipinski definition) is 1. The zero-order valence-electron chi connectivity index (χ0n) is 13.5. The Kier molecular flexibility index (Phi) is 5.09. The van der Waals surface area contributed by atoms with Gasteiger partial charge in [-0.2, -0.15) is 0 Å². The van der Waals surface area contributed by atoms with Gasteiger partial charge in [0.05, 0.1) is 0 Å². The molecule has 0 spiro atoms. The molecule has 1 aromatic rings. The highest BCUT2D eigenvalue weighted by atomic mass is 16.3. The fraction of sp³-hybridized carbons (Fsp3) is 0.667. The van der Waals surface area contributed by atoms with E-state index in [0.717, 1.165) is 24.0 Å². The number of nitrogens with one attached hydrogen (secondary N) is 1. The number of rotatable bonds is 4. The average molecular weight is 275 g/mol. The van der Waals surface area contributed by atoms with Gasteiger partial charge in [0.1, 0.15) is 11.5 Å². The van der Waals surface area contributed by atoms with E-state index in [1.54, 1.807) is 0 Å². The van der Waals surface area contributed by atoms with E-state index in [2.05, 4.69) is 38.2 Å². The van der Waals surface area contributed by atoms with Gasteiger partial charge in [-0.3, -0.25) is 0 Å². The molecule has 1 saturated carbocycles. The highest BCUT2D eigenvalue weighted by Gasteiger charge is 2.20. The highest BCUT2D eigenvalue weighted by molar-refractivity contribution is 5.49. The lowest BCUT2D eigenvalue weighted by Gasteiger charge is -2.28. The van der Waals surface area contributed by atoms with Crippen LogP contribution in [-0.2, 0) is 0 Å². The molecule has 1 heterocycles. The van der Waals surface area contributed by atoms with Crippen LogP contribution in [0.1, 0.15) is 64.4 Å². The van der Waals surface area contributed by atoms with Crippen LogP contribution < -0.4 is 5.32 Å². The zero-order valence-corrected chi connectivity index (χ0v) is 13.5. The molecule has 2 nitrogen and oxygen atoms in total. The van der Waals surface area contributed by atoms with Crippen molar-refractivity contribution in [1.29, 1.82) is 0 Å². The summed E-state index contributed by atoms with van der Waals surface area (Å²) >= 11 is 0. The molecule has 0 aliphatic heterocycles. The van der Waals surface area contributed by atoms with Gasteiger partial charge in [0.15, 0.2) is 0 Å². The van der Waals surface area contributed by atoms with Crippen molar-refractivity contribution in [2.45, 2.75) is 65.3 Å². The maximum atomic E-state index is 5.73. The second-order valence-electron chi connectivity index (χ2n) is 7.11. The van der Waals surface area contributed by atoms with Crippen molar-refractivity contribution in [1.82, 2.24) is 5.32 Å². The van der Waals surface area contributed by atoms with Crippen LogP contribution in [0.3, 0.4) is 0 Å². The zero-order chi connectivity index (χ0) is 14.6. The lowest BCUT2D eigenvalue weighted by molar-refractivity contribution is 0.377. The SMILES string of the molecule is Cc1ccc(/C=C(/CNC(C)(C)C)C2CCCCC2)o1. The summed E-state index contributed by atoms with van der Waals surface area (Å²) in [6.07, 6.45) is 9.07. The van der Waals surface area contributed by atoms with Crippen molar-refractivity contribution < 1.29 is 4.42 Å². The number of aryl methyl sites for hydroxylation is 1. The van der Waals surface area contributed by atoms with E-state index in [1.165, 1.54) is 37.7 Å². The largest absolute Gasteiger partial charge is 0.462 e. The minimum atomic E-state index is 0.160. The number of hydrogen-bond acceptors (Lipinski definition) is 2. The second kappa shape index (κ2) is 6.62. The van der Waals surface area contributed by atoms with Crippen LogP contribution in [0, 0.1) is 12.8 Å². The Labute approximate surface area is 123 Å². The van der Waals surface area contributed by atoms with Crippen LogP contribution in [-0.4, -0.2) is 12.1 Å². The lowest BCUT2D eigenvalue weighted by Crippen LogP contribution is -2.38. The van der Waals surface area contributed by atoms with Gasteiger partial charge in [-0.05, 0) is 70.2 Å². The average Bonchev–Trinajstić information content (AvgIpc) is 2.80. The molecule has 0 atom stereocenters. The minimum absolute atomic E-state index is 0.160. The molecule has 1 aliphatic carbocycles. The van der Waals surface area contributed by atoms with Crippen LogP contribution >= 0.6 is 0 Å². The first-order valence-electron chi connectivity index (χ1n) is 7.96. The van der Waals surface area contributed by atoms with Gasteiger partial charge >= 0.3 is 0 Å². The molecule has 0 saturated heterocycles. The van der Waals surface area contributed by atoms with Crippen molar-refractivity contribution in [3.63, 3.8) is 0 Å². The van der Waals surface area contributed by atoms with E-state index < -0.39 is 0 Å². The first-order valence-corrected chi connectivity index (χ1v) is 7.96. The Morgan fingerprint density at radius 1 is 1.25 bits per heavy atom. The van der Waals surface area contributed by atoms with E-state index >= 15 is 0 Å². The quantitative estimate of drug-likeness (QED) is 0.842. The molecule has 112 valence electrons. The third-order valence-electron chi connectivity index (χ3n) is 4.04. The monoisotopic (exact) mass is 275 g/mol. The highest BCUT2D eigenvalue weighted by Crippen LogP contribution is 2.31. The molecule has 1 aliphatic rings. The summed E-state index contributed by atoms with van der Waals surface area (Å²) in [5.41, 5.74) is 1.67. The molecule has 2 rings (SSSR count). The molecule has 1 N–H and O–H groups in total. The van der Waals surface area contributed by atoms with Crippen LogP contribution in [0.25, 0.3) is 6.08 Å². The second-order valence-corrected chi connectivity index (χ2v) is 7.11. The number of furan rings is 1. The minimum Gasteiger partial charge on any atom is -0.462 e. The van der Waals surface area contributed by atoms with E-state index in [-0.39, 0.29) is 5.54 Å². The van der Waals surface area contributed by atoms with Gasteiger partial charge in [0.25, 0.3) is 0 Å². The molecular formula is C18H29NO. The predicted molar refractivity (Wildman–Crippen MR) is 85.8 cm³/mol. The summed E-state index contributed by atoms with van der Waals surface area (Å²) in [5.74, 6) is 2.71. The van der Waals surface area contributed by atoms with Crippen molar-refractivity contribution >= 4 is 6.08 Å². The standard InChI is InChI=1S/C18H29NO/c1-14-10-11-17(20-14)12-16(13-19-18(2,3)4)15-8-6-5-7-9-15/h10-12,15,19H,5-9,13H2,1-4H3/b16-12-. The maximum absolute atomic E-state index is 5.73. The molecule has 1 fully saturated rings. The van der Waals surface area contributed by atoms with Gasteiger partial charge < -0.3 is 9.73 Å². The van der Waals surface area contributed by atoms with E-state index in [0.29, 0.717) is 0 Å². The Bertz CT molecular complexity index is 444. The van der Waals surface area contributed by atoms with Crippen molar-refractivity contribution in [2.24, 2.45) is 5.92 Å². The fourth-order valence-electron chi connectivity index (χ4n) is 2.87. The maximum Gasteiger partial charge on any atom is 0.127 e. The normalized spacial score (nSPS) is 18.5. The Morgan fingerprint density at radius 2 is 1.95 bits per heavy atom. The molecule has 1 aromatic heterocycles. The molecule has 0 aromatic carbocycles. The van der Waals surface area contributed by atoms with E-state index in [4.69, 9.17) is 4.42 Å². The Hall–Kier alpha value is -1.02. The summed E-state index contributed by atoms with van der Waals surface area (Å²) in [6, 6.07) is 4.12. The van der Waals surface area contributed by atoms with Gasteiger partial charge in [-0.1, -0.05) is 19.3 Å². The molecule has 0 unspecified atom stereocenters. The summed E-state index contributed by atoms with van der Waals surface area (Å²) in [5, 5.41) is 3.64. The molecule has 2 heteroatoms. The summed E-state index contributed by atoms with van der Waals surface area (Å²) in [6.45, 7) is 9.65. The van der Waals surface area contributed by atoms with E-state index in [9.17, 15) is 0 Å². The van der Waals surface area contributed by atoms with Crippen LogP contribution in [0.2, 0.25) is 0 Å². The Balaban J connectivity index is 2.12. The predicted octanol–water partition coefficient (Wildman–Crippen LogP) is 4.94. The topological polar surface area (TPSA) is 25.2 Å². The molecule has 0 radical (unpaired) electrons. The van der Waals surface area contributed by atoms with Gasteiger partial charge in [0.2, 0.25) is 0 Å². The summed E-state index contributed by atoms with van der Waals surface area (Å²) in [4.78, 5) is 0. The third kappa shape index (κ3) is 4.82. The first kappa shape index (κ1) is 15.4. The summed E-state index contributed by atoms with van der Waals surface area (Å²) < 4.78 is 5.73. The van der Waals surface area contributed by atoms with Gasteiger partial charge in [0, 0.05) is 12.1 Å². The van der Waals surface area contributed by atoms with Crippen LogP contribution in [0.15, 0.2) is 22.1 Å². The smallest absolute Gasteiger partial charge is 0.127 e. The molecule has 0 amide bonds. The first-order chi connectivity index (χ1) is 9.44. The van der Waals surface area contributed by atoms with Crippen LogP contribution in [0.5, 0.6) is 0 Å². The lowest BCUT2D eigenvalue weighted by atomic mass is 9.83. The molecule has 20 heavy (non-hydrogen) atoms. The van der Waals surface area contributed by atoms with Gasteiger partial charge in [-0.15, -0.1) is 0 Å². The molecule has 0 bridgehead atoms. The van der Waals surface area contributed by atoms with Crippen molar-refractivity contribution in [3.8, 4) is 0 Å². The molecular weight excluding hydrogens is 246 g/mol. The van der Waals surface area contributed by atoms with E-state index in [1.807, 2.05) is 13.0 Å². The fourth-order valence-corrected chi connectivity index (χ4v) is 2.87. The summed E-state index contributed by atoms with van der Waals surface area (Å²) in [7, 11) is 0. The van der Waals surface area contributed by atoms with Crippen molar-refractivity contribution in [3.05, 3.63) is 29.2 Å². The Morgan fingerprint density at radius 3 is 2.50 bits per heavy atom. The van der Waals surface area contributed by atoms with Crippen molar-refractivity contribution in [2.75, 3.05) is 6.54 Å².